The van der Waals surface area contributed by atoms with Crippen LogP contribution in [0.25, 0.3) is 0 Å². The third-order valence-electron chi connectivity index (χ3n) is 2.19. The van der Waals surface area contributed by atoms with Crippen molar-refractivity contribution in [3.8, 4) is 0 Å². The van der Waals surface area contributed by atoms with Crippen LogP contribution in [-0.4, -0.2) is 67.8 Å². The first-order chi connectivity index (χ1) is 7.60. The van der Waals surface area contributed by atoms with Crippen LogP contribution in [0.2, 0.25) is 0 Å². The minimum absolute atomic E-state index is 0.259. The summed E-state index contributed by atoms with van der Waals surface area (Å²) in [5.74, 6) is 0. The van der Waals surface area contributed by atoms with Gasteiger partial charge in [-0.1, -0.05) is 0 Å². The second-order valence-corrected chi connectivity index (χ2v) is 5.10. The first-order valence-corrected chi connectivity index (χ1v) is 5.49. The summed E-state index contributed by atoms with van der Waals surface area (Å²) in [7, 11) is 0. The normalized spacial score (nSPS) is 20.9. The van der Waals surface area contributed by atoms with Crippen molar-refractivity contribution in [1.82, 2.24) is 0 Å². The number of rotatable bonds is 5. The maximum absolute atomic E-state index is 9.73. The Kier molecular flexibility index (Phi) is 6.22. The van der Waals surface area contributed by atoms with Gasteiger partial charge in [0.1, 0.15) is 24.4 Å². The van der Waals surface area contributed by atoms with Crippen LogP contribution < -0.4 is 0 Å². The van der Waals surface area contributed by atoms with Crippen LogP contribution in [0.15, 0.2) is 4.99 Å². The zero-order chi connectivity index (χ0) is 13.8. The van der Waals surface area contributed by atoms with E-state index in [9.17, 15) is 15.3 Å². The molecule has 0 unspecified atom stereocenters. The smallest absolute Gasteiger partial charge is 0.120 e. The molecule has 0 aliphatic rings. The summed E-state index contributed by atoms with van der Waals surface area (Å²) in [5, 5.41) is 46.5. The van der Waals surface area contributed by atoms with Gasteiger partial charge in [-0.3, -0.25) is 4.99 Å². The van der Waals surface area contributed by atoms with Crippen molar-refractivity contribution in [2.75, 3.05) is 6.61 Å². The maximum atomic E-state index is 9.73. The Bertz CT molecular complexity index is 261. The lowest BCUT2D eigenvalue weighted by molar-refractivity contribution is -0.101. The molecular formula is C11H23NO5. The van der Waals surface area contributed by atoms with E-state index in [0.29, 0.717) is 0 Å². The van der Waals surface area contributed by atoms with Gasteiger partial charge < -0.3 is 25.5 Å². The second-order valence-electron chi connectivity index (χ2n) is 5.10. The van der Waals surface area contributed by atoms with Gasteiger partial charge in [-0.2, -0.15) is 0 Å². The molecule has 5 N–H and O–H groups in total. The molecule has 0 aromatic heterocycles. The summed E-state index contributed by atoms with van der Waals surface area (Å²) in [4.78, 5) is 4.15. The number of aliphatic hydroxyl groups excluding tert-OH is 5. The largest absolute Gasteiger partial charge is 0.394 e. The summed E-state index contributed by atoms with van der Waals surface area (Å²) in [6.07, 6.45) is -6.10. The Morgan fingerprint density at radius 1 is 1.06 bits per heavy atom. The molecule has 0 amide bonds. The summed E-state index contributed by atoms with van der Waals surface area (Å²) in [6.45, 7) is 6.31. The van der Waals surface area contributed by atoms with Crippen molar-refractivity contribution < 1.29 is 25.5 Å². The Labute approximate surface area is 101 Å². The molecule has 6 nitrogen and oxygen atoms in total. The highest BCUT2D eigenvalue weighted by Crippen LogP contribution is 2.11. The Hall–Kier alpha value is -0.530. The molecule has 4 atom stereocenters. The van der Waals surface area contributed by atoms with E-state index in [0.717, 1.165) is 0 Å². The highest BCUT2D eigenvalue weighted by atomic mass is 16.4. The maximum Gasteiger partial charge on any atom is 0.120 e. The fourth-order valence-corrected chi connectivity index (χ4v) is 1.36. The number of aliphatic imine (C=N–C) groups is 1. The minimum Gasteiger partial charge on any atom is -0.394 e. The Morgan fingerprint density at radius 2 is 1.53 bits per heavy atom. The molecule has 0 aromatic carbocycles. The zero-order valence-electron chi connectivity index (χ0n) is 10.7. The van der Waals surface area contributed by atoms with Gasteiger partial charge in [0.05, 0.1) is 12.1 Å². The fourth-order valence-electron chi connectivity index (χ4n) is 1.36. The van der Waals surface area contributed by atoms with Gasteiger partial charge in [0.25, 0.3) is 0 Å². The number of nitrogens with zero attached hydrogens (tertiary/aromatic N) is 1. The Balaban J connectivity index is 4.70. The average Bonchev–Trinajstić information content (AvgIpc) is 2.22. The molecule has 0 heterocycles. The molecule has 0 saturated heterocycles. The number of hydrogen-bond acceptors (Lipinski definition) is 6. The third-order valence-corrected chi connectivity index (χ3v) is 2.19. The molecule has 0 saturated carbocycles. The van der Waals surface area contributed by atoms with Crippen LogP contribution in [0.3, 0.4) is 0 Å². The zero-order valence-corrected chi connectivity index (χ0v) is 10.7. The van der Waals surface area contributed by atoms with Crippen molar-refractivity contribution in [3.05, 3.63) is 0 Å². The molecule has 17 heavy (non-hydrogen) atoms. The lowest BCUT2D eigenvalue weighted by atomic mass is 9.99. The van der Waals surface area contributed by atoms with E-state index in [-0.39, 0.29) is 5.71 Å². The van der Waals surface area contributed by atoms with Crippen LogP contribution in [-0.2, 0) is 0 Å². The molecule has 0 rings (SSSR count). The SMILES string of the molecule is C/C(=N/C(C)(C)C)[C@H](O)[C@@H](O)[C@H](O)[C@H](O)CO. The van der Waals surface area contributed by atoms with E-state index in [1.807, 2.05) is 20.8 Å². The molecule has 0 aliphatic carbocycles. The first kappa shape index (κ1) is 16.5. The second kappa shape index (κ2) is 6.42. The fraction of sp³-hybridized carbons (Fsp3) is 0.909. The molecular weight excluding hydrogens is 226 g/mol. The molecule has 0 bridgehead atoms. The number of aliphatic hydroxyl groups is 5. The van der Waals surface area contributed by atoms with Crippen molar-refractivity contribution in [3.63, 3.8) is 0 Å². The highest BCUT2D eigenvalue weighted by Gasteiger charge is 2.31. The van der Waals surface area contributed by atoms with E-state index < -0.39 is 36.6 Å². The van der Waals surface area contributed by atoms with Crippen LogP contribution in [0.5, 0.6) is 0 Å². The summed E-state index contributed by atoms with van der Waals surface area (Å²) in [5.41, 5.74) is -0.153. The van der Waals surface area contributed by atoms with E-state index in [1.165, 1.54) is 6.92 Å². The van der Waals surface area contributed by atoms with Gasteiger partial charge in [-0.05, 0) is 27.7 Å². The highest BCUT2D eigenvalue weighted by molar-refractivity contribution is 5.87. The van der Waals surface area contributed by atoms with Gasteiger partial charge in [0.15, 0.2) is 0 Å². The van der Waals surface area contributed by atoms with E-state index >= 15 is 0 Å². The van der Waals surface area contributed by atoms with Crippen molar-refractivity contribution in [2.24, 2.45) is 4.99 Å². The predicted molar refractivity (Wildman–Crippen MR) is 64.0 cm³/mol. The minimum atomic E-state index is -1.62. The standard InChI is InChI=1S/C11H23NO5/c1-6(12-11(2,3)4)8(15)10(17)9(16)7(14)5-13/h7-10,13-17H,5H2,1-4H3/b12-6-/t7-,8+,9-,10-/m1/s1. The molecule has 0 aromatic rings. The Morgan fingerprint density at radius 3 is 1.88 bits per heavy atom. The van der Waals surface area contributed by atoms with Crippen LogP contribution in [0.4, 0.5) is 0 Å². The quantitative estimate of drug-likeness (QED) is 0.388. The lowest BCUT2D eigenvalue weighted by Crippen LogP contribution is -2.48. The first-order valence-electron chi connectivity index (χ1n) is 5.49. The van der Waals surface area contributed by atoms with Crippen molar-refractivity contribution >= 4 is 5.71 Å². The molecule has 102 valence electrons. The van der Waals surface area contributed by atoms with Gasteiger partial charge >= 0.3 is 0 Å². The van der Waals surface area contributed by atoms with Crippen molar-refractivity contribution in [1.29, 1.82) is 0 Å². The molecule has 0 fully saturated rings. The topological polar surface area (TPSA) is 114 Å². The van der Waals surface area contributed by atoms with Gasteiger partial charge in [0.2, 0.25) is 0 Å². The summed E-state index contributed by atoms with van der Waals surface area (Å²) >= 11 is 0. The molecule has 0 radical (unpaired) electrons. The average molecular weight is 249 g/mol. The monoisotopic (exact) mass is 249 g/mol. The summed E-state index contributed by atoms with van der Waals surface area (Å²) in [6, 6.07) is 0. The molecule has 0 spiro atoms. The van der Waals surface area contributed by atoms with Gasteiger partial charge in [-0.25, -0.2) is 0 Å². The van der Waals surface area contributed by atoms with Crippen molar-refractivity contribution in [2.45, 2.75) is 57.6 Å². The molecule has 0 aliphatic heterocycles. The van der Waals surface area contributed by atoms with E-state index in [4.69, 9.17) is 10.2 Å². The lowest BCUT2D eigenvalue weighted by Gasteiger charge is -2.26. The number of hydrogen-bond donors (Lipinski definition) is 5. The van der Waals surface area contributed by atoms with E-state index in [1.54, 1.807) is 0 Å². The van der Waals surface area contributed by atoms with Crippen LogP contribution in [0, 0.1) is 0 Å². The summed E-state index contributed by atoms with van der Waals surface area (Å²) < 4.78 is 0. The van der Waals surface area contributed by atoms with Gasteiger partial charge in [0, 0.05) is 5.71 Å². The third kappa shape index (κ3) is 5.56. The molecule has 6 heteroatoms. The van der Waals surface area contributed by atoms with Crippen LogP contribution in [0.1, 0.15) is 27.7 Å². The van der Waals surface area contributed by atoms with Crippen LogP contribution >= 0.6 is 0 Å². The van der Waals surface area contributed by atoms with E-state index in [2.05, 4.69) is 4.99 Å². The van der Waals surface area contributed by atoms with Gasteiger partial charge in [-0.15, -0.1) is 0 Å². The predicted octanol–water partition coefficient (Wildman–Crippen LogP) is -1.32.